The van der Waals surface area contributed by atoms with Gasteiger partial charge in [-0.25, -0.2) is 4.39 Å². The number of fused-ring (bicyclic) bond motifs is 1. The first-order chi connectivity index (χ1) is 6.41. The molecule has 2 saturated heterocycles. The number of halogens is 1. The summed E-state index contributed by atoms with van der Waals surface area (Å²) >= 11 is 0. The molecule has 0 bridgehead atoms. The molecular weight excluding hydrogens is 191 g/mol. The van der Waals surface area contributed by atoms with Gasteiger partial charge in [-0.1, -0.05) is 0 Å². The molecule has 0 aromatic heterocycles. The first-order valence-corrected chi connectivity index (χ1v) is 4.74. The molecule has 2 heterocycles. The lowest BCUT2D eigenvalue weighted by atomic mass is 10.1. The molecule has 0 amide bonds. The van der Waals surface area contributed by atoms with Crippen LogP contribution in [0.25, 0.3) is 0 Å². The first kappa shape index (κ1) is 10.3. The van der Waals surface area contributed by atoms with Gasteiger partial charge in [0.15, 0.2) is 18.2 Å². The lowest BCUT2D eigenvalue weighted by molar-refractivity contribution is -0.220. The second-order valence-corrected chi connectivity index (χ2v) is 4.25. The molecule has 82 valence electrons. The zero-order chi connectivity index (χ0) is 10.5. The second kappa shape index (κ2) is 3.13. The molecule has 0 aromatic carbocycles. The van der Waals surface area contributed by atoms with Crippen molar-refractivity contribution in [2.24, 2.45) is 0 Å². The Morgan fingerprint density at radius 1 is 1.36 bits per heavy atom. The molecule has 5 atom stereocenters. The number of rotatable bonds is 1. The molecule has 0 aliphatic carbocycles. The van der Waals surface area contributed by atoms with Gasteiger partial charge in [-0.05, 0) is 20.8 Å². The third-order valence-corrected chi connectivity index (χ3v) is 2.48. The third kappa shape index (κ3) is 1.54. The zero-order valence-corrected chi connectivity index (χ0v) is 8.44. The van der Waals surface area contributed by atoms with Crippen molar-refractivity contribution in [3.8, 4) is 0 Å². The fourth-order valence-corrected chi connectivity index (χ4v) is 1.87. The van der Waals surface area contributed by atoms with Gasteiger partial charge in [-0.2, -0.15) is 0 Å². The van der Waals surface area contributed by atoms with Crippen LogP contribution in [0.5, 0.6) is 0 Å². The molecule has 5 heteroatoms. The Kier molecular flexibility index (Phi) is 2.30. The van der Waals surface area contributed by atoms with Gasteiger partial charge in [0.2, 0.25) is 0 Å². The van der Waals surface area contributed by atoms with Crippen molar-refractivity contribution in [3.05, 3.63) is 0 Å². The molecule has 1 N–H and O–H groups in total. The van der Waals surface area contributed by atoms with E-state index < -0.39 is 36.6 Å². The van der Waals surface area contributed by atoms with Gasteiger partial charge in [0.25, 0.3) is 0 Å². The van der Waals surface area contributed by atoms with E-state index in [2.05, 4.69) is 0 Å². The summed E-state index contributed by atoms with van der Waals surface area (Å²) in [5.41, 5.74) is 0. The molecule has 2 aliphatic rings. The van der Waals surface area contributed by atoms with E-state index >= 15 is 0 Å². The molecule has 0 saturated carbocycles. The van der Waals surface area contributed by atoms with Crippen LogP contribution in [0.15, 0.2) is 0 Å². The van der Waals surface area contributed by atoms with Gasteiger partial charge in [-0.3, -0.25) is 0 Å². The zero-order valence-electron chi connectivity index (χ0n) is 8.44. The van der Waals surface area contributed by atoms with Crippen molar-refractivity contribution in [2.75, 3.05) is 0 Å². The molecular formula is C9H15FO4. The Hall–Kier alpha value is -0.230. The third-order valence-electron chi connectivity index (χ3n) is 2.48. The van der Waals surface area contributed by atoms with Crippen LogP contribution in [0.3, 0.4) is 0 Å². The van der Waals surface area contributed by atoms with Gasteiger partial charge in [0.1, 0.15) is 12.2 Å². The van der Waals surface area contributed by atoms with Crippen LogP contribution in [-0.4, -0.2) is 41.7 Å². The Balaban J connectivity index is 2.08. The SMILES string of the molecule is CC(O)[C@H]1O[C@@H]2OC(C)(C)O[C@@H]2[C@H]1F. The number of aliphatic hydroxyl groups excluding tert-OH is 1. The largest absolute Gasteiger partial charge is 0.391 e. The van der Waals surface area contributed by atoms with Crippen LogP contribution in [0.1, 0.15) is 20.8 Å². The molecule has 0 spiro atoms. The standard InChI is InChI=1S/C9H15FO4/c1-4(11)6-5(10)7-8(12-6)14-9(2,3)13-7/h4-8,11H,1-3H3/t4?,5-,6+,7+,8+/m0/s1. The summed E-state index contributed by atoms with van der Waals surface area (Å²) in [4.78, 5) is 0. The average molecular weight is 206 g/mol. The fourth-order valence-electron chi connectivity index (χ4n) is 1.87. The van der Waals surface area contributed by atoms with Crippen LogP contribution in [0.4, 0.5) is 4.39 Å². The van der Waals surface area contributed by atoms with Crippen molar-refractivity contribution < 1.29 is 23.7 Å². The highest BCUT2D eigenvalue weighted by Gasteiger charge is 2.56. The topological polar surface area (TPSA) is 47.9 Å². The highest BCUT2D eigenvalue weighted by molar-refractivity contribution is 4.94. The van der Waals surface area contributed by atoms with E-state index in [9.17, 15) is 9.50 Å². The van der Waals surface area contributed by atoms with E-state index in [1.54, 1.807) is 13.8 Å². The number of aliphatic hydroxyl groups is 1. The molecule has 1 unspecified atom stereocenters. The van der Waals surface area contributed by atoms with Crippen LogP contribution < -0.4 is 0 Å². The van der Waals surface area contributed by atoms with Crippen LogP contribution >= 0.6 is 0 Å². The maximum Gasteiger partial charge on any atom is 0.190 e. The van der Waals surface area contributed by atoms with Crippen molar-refractivity contribution in [1.29, 1.82) is 0 Å². The second-order valence-electron chi connectivity index (χ2n) is 4.25. The summed E-state index contributed by atoms with van der Waals surface area (Å²) in [5, 5.41) is 9.23. The van der Waals surface area contributed by atoms with Crippen LogP contribution in [0, 0.1) is 0 Å². The Bertz CT molecular complexity index is 229. The van der Waals surface area contributed by atoms with Gasteiger partial charge >= 0.3 is 0 Å². The molecule has 0 aromatic rings. The molecule has 14 heavy (non-hydrogen) atoms. The van der Waals surface area contributed by atoms with Gasteiger partial charge in [0.05, 0.1) is 6.10 Å². The maximum atomic E-state index is 13.6. The van der Waals surface area contributed by atoms with Gasteiger partial charge < -0.3 is 19.3 Å². The minimum atomic E-state index is -1.33. The minimum absolute atomic E-state index is 0.695. The van der Waals surface area contributed by atoms with Gasteiger partial charge in [-0.15, -0.1) is 0 Å². The normalized spacial score (nSPS) is 47.8. The van der Waals surface area contributed by atoms with Crippen molar-refractivity contribution in [2.45, 2.75) is 57.3 Å². The minimum Gasteiger partial charge on any atom is -0.391 e. The number of hydrogen-bond acceptors (Lipinski definition) is 4. The smallest absolute Gasteiger partial charge is 0.190 e. The van der Waals surface area contributed by atoms with Crippen molar-refractivity contribution >= 4 is 0 Å². The molecule has 4 nitrogen and oxygen atoms in total. The quantitative estimate of drug-likeness (QED) is 0.681. The van der Waals surface area contributed by atoms with E-state index in [0.29, 0.717) is 0 Å². The predicted octanol–water partition coefficient (Wildman–Crippen LogP) is 0.582. The number of ether oxygens (including phenoxy) is 3. The summed E-state index contributed by atoms with van der Waals surface area (Å²) in [7, 11) is 0. The molecule has 2 rings (SSSR count). The summed E-state index contributed by atoms with van der Waals surface area (Å²) < 4.78 is 29.5. The highest BCUT2D eigenvalue weighted by Crippen LogP contribution is 2.39. The van der Waals surface area contributed by atoms with Crippen molar-refractivity contribution in [3.63, 3.8) is 0 Å². The summed E-state index contributed by atoms with van der Waals surface area (Å²) in [6.07, 6.45) is -4.45. The first-order valence-electron chi connectivity index (χ1n) is 4.74. The monoisotopic (exact) mass is 206 g/mol. The Morgan fingerprint density at radius 2 is 2.00 bits per heavy atom. The van der Waals surface area contributed by atoms with Crippen molar-refractivity contribution in [1.82, 2.24) is 0 Å². The van der Waals surface area contributed by atoms with Crippen LogP contribution in [0.2, 0.25) is 0 Å². The van der Waals surface area contributed by atoms with Crippen LogP contribution in [-0.2, 0) is 14.2 Å². The summed E-state index contributed by atoms with van der Waals surface area (Å²) in [6, 6.07) is 0. The summed E-state index contributed by atoms with van der Waals surface area (Å²) in [6.45, 7) is 4.90. The average Bonchev–Trinajstić information content (AvgIpc) is 2.46. The Labute approximate surface area is 81.9 Å². The van der Waals surface area contributed by atoms with E-state index in [0.717, 1.165) is 0 Å². The Morgan fingerprint density at radius 3 is 2.50 bits per heavy atom. The van der Waals surface area contributed by atoms with E-state index in [4.69, 9.17) is 14.2 Å². The number of alkyl halides is 1. The van der Waals surface area contributed by atoms with E-state index in [1.165, 1.54) is 6.92 Å². The maximum absolute atomic E-state index is 13.6. The molecule has 0 radical (unpaired) electrons. The van der Waals surface area contributed by atoms with Gasteiger partial charge in [0, 0.05) is 0 Å². The fraction of sp³-hybridized carbons (Fsp3) is 1.00. The highest BCUT2D eigenvalue weighted by atomic mass is 19.1. The lowest BCUT2D eigenvalue weighted by Crippen LogP contribution is -2.37. The van der Waals surface area contributed by atoms with E-state index in [-0.39, 0.29) is 0 Å². The number of hydrogen-bond donors (Lipinski definition) is 1. The van der Waals surface area contributed by atoms with E-state index in [1.807, 2.05) is 0 Å². The molecule has 2 fully saturated rings. The molecule has 2 aliphatic heterocycles. The summed E-state index contributed by atoms with van der Waals surface area (Å²) in [5.74, 6) is -0.802. The lowest BCUT2D eigenvalue weighted by Gasteiger charge is -2.23. The predicted molar refractivity (Wildman–Crippen MR) is 45.3 cm³/mol.